The molecule has 3 heteroatoms. The Morgan fingerprint density at radius 2 is 1.72 bits per heavy atom. The molecule has 0 saturated heterocycles. The average Bonchev–Trinajstić information content (AvgIpc) is 2.42. The van der Waals surface area contributed by atoms with Crippen LogP contribution in [0, 0.1) is 0 Å². The lowest BCUT2D eigenvalue weighted by Crippen LogP contribution is -2.36. The van der Waals surface area contributed by atoms with Crippen molar-refractivity contribution in [2.75, 3.05) is 26.8 Å². The SMILES string of the molecule is CCc1ccc(CCN(C)C(CO)CCO)cc1. The van der Waals surface area contributed by atoms with Crippen molar-refractivity contribution in [1.29, 1.82) is 0 Å². The van der Waals surface area contributed by atoms with Gasteiger partial charge in [-0.25, -0.2) is 0 Å². The molecule has 1 unspecified atom stereocenters. The van der Waals surface area contributed by atoms with Gasteiger partial charge in [0.2, 0.25) is 0 Å². The lowest BCUT2D eigenvalue weighted by molar-refractivity contribution is 0.120. The Balaban J connectivity index is 2.42. The zero-order valence-electron chi connectivity index (χ0n) is 11.5. The Labute approximate surface area is 110 Å². The molecule has 0 radical (unpaired) electrons. The number of hydrogen-bond acceptors (Lipinski definition) is 3. The van der Waals surface area contributed by atoms with Crippen molar-refractivity contribution in [2.24, 2.45) is 0 Å². The molecule has 0 amide bonds. The van der Waals surface area contributed by atoms with Gasteiger partial charge in [-0.05, 0) is 37.4 Å². The molecule has 1 rings (SSSR count). The monoisotopic (exact) mass is 251 g/mol. The maximum atomic E-state index is 9.24. The van der Waals surface area contributed by atoms with Gasteiger partial charge in [0.25, 0.3) is 0 Å². The van der Waals surface area contributed by atoms with E-state index in [9.17, 15) is 5.11 Å². The third-order valence-electron chi connectivity index (χ3n) is 3.48. The van der Waals surface area contributed by atoms with Gasteiger partial charge in [-0.15, -0.1) is 0 Å². The molecule has 0 aliphatic carbocycles. The van der Waals surface area contributed by atoms with Gasteiger partial charge >= 0.3 is 0 Å². The second-order valence-electron chi connectivity index (χ2n) is 4.75. The van der Waals surface area contributed by atoms with Gasteiger partial charge in [0.15, 0.2) is 0 Å². The molecule has 0 aliphatic heterocycles. The van der Waals surface area contributed by atoms with E-state index >= 15 is 0 Å². The van der Waals surface area contributed by atoms with Crippen LogP contribution in [0.2, 0.25) is 0 Å². The summed E-state index contributed by atoms with van der Waals surface area (Å²) < 4.78 is 0. The Hall–Kier alpha value is -0.900. The van der Waals surface area contributed by atoms with Crippen molar-refractivity contribution in [3.8, 4) is 0 Å². The van der Waals surface area contributed by atoms with Gasteiger partial charge in [0.1, 0.15) is 0 Å². The Morgan fingerprint density at radius 1 is 1.11 bits per heavy atom. The second kappa shape index (κ2) is 8.25. The van der Waals surface area contributed by atoms with Crippen molar-refractivity contribution < 1.29 is 10.2 Å². The Kier molecular flexibility index (Phi) is 6.94. The molecule has 1 aromatic carbocycles. The second-order valence-corrected chi connectivity index (χ2v) is 4.75. The van der Waals surface area contributed by atoms with Crippen molar-refractivity contribution in [3.63, 3.8) is 0 Å². The molecule has 0 aliphatic rings. The maximum Gasteiger partial charge on any atom is 0.0587 e. The van der Waals surface area contributed by atoms with Gasteiger partial charge in [-0.3, -0.25) is 0 Å². The molecule has 0 aromatic heterocycles. The normalized spacial score (nSPS) is 12.9. The molecule has 1 atom stereocenters. The van der Waals surface area contributed by atoms with Gasteiger partial charge in [-0.1, -0.05) is 31.2 Å². The number of benzene rings is 1. The van der Waals surface area contributed by atoms with Crippen LogP contribution in [0.3, 0.4) is 0 Å². The van der Waals surface area contributed by atoms with Crippen LogP contribution in [0.15, 0.2) is 24.3 Å². The number of aliphatic hydroxyl groups excluding tert-OH is 2. The minimum Gasteiger partial charge on any atom is -0.396 e. The highest BCUT2D eigenvalue weighted by atomic mass is 16.3. The van der Waals surface area contributed by atoms with Crippen LogP contribution in [0.25, 0.3) is 0 Å². The van der Waals surface area contributed by atoms with E-state index in [0.717, 1.165) is 19.4 Å². The van der Waals surface area contributed by atoms with Crippen LogP contribution in [0.4, 0.5) is 0 Å². The Morgan fingerprint density at radius 3 is 2.22 bits per heavy atom. The lowest BCUT2D eigenvalue weighted by atomic mass is 10.1. The van der Waals surface area contributed by atoms with Crippen LogP contribution < -0.4 is 0 Å². The molecular formula is C15H25NO2. The number of nitrogens with zero attached hydrogens (tertiary/aromatic N) is 1. The third kappa shape index (κ3) is 4.77. The summed E-state index contributed by atoms with van der Waals surface area (Å²) in [6, 6.07) is 8.75. The largest absolute Gasteiger partial charge is 0.396 e. The van der Waals surface area contributed by atoms with E-state index in [1.165, 1.54) is 11.1 Å². The first-order chi connectivity index (χ1) is 8.71. The summed E-state index contributed by atoms with van der Waals surface area (Å²) in [5.74, 6) is 0. The van der Waals surface area contributed by atoms with E-state index in [-0.39, 0.29) is 19.3 Å². The van der Waals surface area contributed by atoms with E-state index in [1.807, 2.05) is 7.05 Å². The van der Waals surface area contributed by atoms with Crippen molar-refractivity contribution >= 4 is 0 Å². The van der Waals surface area contributed by atoms with Gasteiger partial charge in [0, 0.05) is 19.2 Å². The molecule has 0 heterocycles. The minimum absolute atomic E-state index is 0.0601. The molecule has 0 fully saturated rings. The van der Waals surface area contributed by atoms with Crippen molar-refractivity contribution in [2.45, 2.75) is 32.2 Å². The minimum atomic E-state index is 0.0601. The molecule has 2 N–H and O–H groups in total. The van der Waals surface area contributed by atoms with Crippen LogP contribution in [0.5, 0.6) is 0 Å². The van der Waals surface area contributed by atoms with E-state index in [2.05, 4.69) is 36.1 Å². The fourth-order valence-electron chi connectivity index (χ4n) is 2.03. The van der Waals surface area contributed by atoms with Gasteiger partial charge < -0.3 is 15.1 Å². The quantitative estimate of drug-likeness (QED) is 0.735. The van der Waals surface area contributed by atoms with Gasteiger partial charge in [0.05, 0.1) is 6.61 Å². The molecule has 0 bridgehead atoms. The molecule has 102 valence electrons. The van der Waals surface area contributed by atoms with Crippen molar-refractivity contribution in [1.82, 2.24) is 4.90 Å². The molecule has 3 nitrogen and oxygen atoms in total. The van der Waals surface area contributed by atoms with E-state index in [1.54, 1.807) is 0 Å². The first kappa shape index (κ1) is 15.2. The van der Waals surface area contributed by atoms with Crippen LogP contribution in [0.1, 0.15) is 24.5 Å². The smallest absolute Gasteiger partial charge is 0.0587 e. The summed E-state index contributed by atoms with van der Waals surface area (Å²) in [4.78, 5) is 2.12. The molecule has 1 aromatic rings. The van der Waals surface area contributed by atoms with E-state index < -0.39 is 0 Å². The maximum absolute atomic E-state index is 9.24. The number of aryl methyl sites for hydroxylation is 1. The van der Waals surface area contributed by atoms with Crippen LogP contribution >= 0.6 is 0 Å². The summed E-state index contributed by atoms with van der Waals surface area (Å²) >= 11 is 0. The summed E-state index contributed by atoms with van der Waals surface area (Å²) in [6.45, 7) is 3.28. The highest BCUT2D eigenvalue weighted by Gasteiger charge is 2.12. The highest BCUT2D eigenvalue weighted by molar-refractivity contribution is 5.22. The fourth-order valence-corrected chi connectivity index (χ4v) is 2.03. The first-order valence-electron chi connectivity index (χ1n) is 6.71. The number of rotatable bonds is 8. The van der Waals surface area contributed by atoms with Crippen LogP contribution in [-0.4, -0.2) is 48.0 Å². The highest BCUT2D eigenvalue weighted by Crippen LogP contribution is 2.08. The fraction of sp³-hybridized carbons (Fsp3) is 0.600. The summed E-state index contributed by atoms with van der Waals surface area (Å²) in [7, 11) is 2.00. The lowest BCUT2D eigenvalue weighted by Gasteiger charge is -2.25. The van der Waals surface area contributed by atoms with E-state index in [4.69, 9.17) is 5.11 Å². The predicted octanol–water partition coefficient (Wildman–Crippen LogP) is 1.47. The third-order valence-corrected chi connectivity index (χ3v) is 3.48. The molecule has 0 saturated carbocycles. The zero-order chi connectivity index (χ0) is 13.4. The van der Waals surface area contributed by atoms with Gasteiger partial charge in [-0.2, -0.15) is 0 Å². The van der Waals surface area contributed by atoms with Crippen LogP contribution in [-0.2, 0) is 12.8 Å². The molecule has 18 heavy (non-hydrogen) atoms. The first-order valence-corrected chi connectivity index (χ1v) is 6.71. The van der Waals surface area contributed by atoms with E-state index in [0.29, 0.717) is 6.42 Å². The standard InChI is InChI=1S/C15H25NO2/c1-3-13-4-6-14(7-5-13)8-10-16(2)15(12-18)9-11-17/h4-7,15,17-18H,3,8-12H2,1-2H3. The number of hydrogen-bond donors (Lipinski definition) is 2. The average molecular weight is 251 g/mol. The Bertz CT molecular complexity index is 324. The summed E-state index contributed by atoms with van der Waals surface area (Å²) in [6.07, 6.45) is 2.67. The molecular weight excluding hydrogens is 226 g/mol. The van der Waals surface area contributed by atoms with Crippen molar-refractivity contribution in [3.05, 3.63) is 35.4 Å². The predicted molar refractivity (Wildman–Crippen MR) is 74.7 cm³/mol. The summed E-state index contributed by atoms with van der Waals surface area (Å²) in [5.41, 5.74) is 2.68. The number of aliphatic hydroxyl groups is 2. The zero-order valence-corrected chi connectivity index (χ0v) is 11.5. The number of likely N-dealkylation sites (N-methyl/N-ethyl adjacent to an activating group) is 1. The molecule has 0 spiro atoms. The summed E-state index contributed by atoms with van der Waals surface area (Å²) in [5, 5.41) is 18.2. The topological polar surface area (TPSA) is 43.7 Å².